The van der Waals surface area contributed by atoms with E-state index in [0.717, 1.165) is 18.4 Å². The van der Waals surface area contributed by atoms with Gasteiger partial charge in [0.15, 0.2) is 0 Å². The predicted octanol–water partition coefficient (Wildman–Crippen LogP) is 1.88. The first-order valence-corrected chi connectivity index (χ1v) is 5.03. The Morgan fingerprint density at radius 3 is 3.25 bits per heavy atom. The molecule has 1 N–H and O–H groups in total. The van der Waals surface area contributed by atoms with Crippen molar-refractivity contribution in [2.24, 2.45) is 0 Å². The van der Waals surface area contributed by atoms with Gasteiger partial charge in [0.05, 0.1) is 0 Å². The molecule has 0 bridgehead atoms. The van der Waals surface area contributed by atoms with E-state index in [2.05, 4.69) is 28.1 Å². The minimum absolute atomic E-state index is 0.312. The highest BCUT2D eigenvalue weighted by molar-refractivity contribution is 9.09. The van der Waals surface area contributed by atoms with Gasteiger partial charge in [-0.1, -0.05) is 28.1 Å². The van der Waals surface area contributed by atoms with Crippen molar-refractivity contribution >= 4 is 22.1 Å². The van der Waals surface area contributed by atoms with E-state index >= 15 is 0 Å². The third kappa shape index (κ3) is 1.33. The average Bonchev–Trinajstić information content (AvgIpc) is 2.04. The SMILES string of the molecule is O[N+]1=CC2=C(CCC=C2)C(Br)C1. The van der Waals surface area contributed by atoms with E-state index in [1.165, 1.54) is 10.3 Å². The number of allylic oxidation sites excluding steroid dienone is 3. The van der Waals surface area contributed by atoms with Crippen LogP contribution in [-0.2, 0) is 0 Å². The Balaban J connectivity index is 2.38. The van der Waals surface area contributed by atoms with E-state index in [9.17, 15) is 5.21 Å². The zero-order valence-electron chi connectivity index (χ0n) is 6.70. The number of halogens is 1. The summed E-state index contributed by atoms with van der Waals surface area (Å²) in [5, 5.41) is 9.30. The molecule has 0 aromatic carbocycles. The topological polar surface area (TPSA) is 23.2 Å². The van der Waals surface area contributed by atoms with Crippen LogP contribution in [0.25, 0.3) is 0 Å². The van der Waals surface area contributed by atoms with Gasteiger partial charge in [-0.05, 0) is 23.2 Å². The molecule has 2 nitrogen and oxygen atoms in total. The van der Waals surface area contributed by atoms with Crippen LogP contribution in [0.1, 0.15) is 12.8 Å². The van der Waals surface area contributed by atoms with Crippen LogP contribution in [0.2, 0.25) is 0 Å². The van der Waals surface area contributed by atoms with Crippen molar-refractivity contribution in [3.63, 3.8) is 0 Å². The largest absolute Gasteiger partial charge is 0.291 e. The fraction of sp³-hybridized carbons (Fsp3) is 0.444. The van der Waals surface area contributed by atoms with Gasteiger partial charge in [-0.25, -0.2) is 0 Å². The van der Waals surface area contributed by atoms with E-state index in [-0.39, 0.29) is 0 Å². The molecule has 2 aliphatic rings. The van der Waals surface area contributed by atoms with Crippen molar-refractivity contribution in [2.45, 2.75) is 17.7 Å². The van der Waals surface area contributed by atoms with Crippen LogP contribution in [0.4, 0.5) is 0 Å². The van der Waals surface area contributed by atoms with Crippen molar-refractivity contribution in [1.82, 2.24) is 0 Å². The summed E-state index contributed by atoms with van der Waals surface area (Å²) in [5.74, 6) is 0. The van der Waals surface area contributed by atoms with Gasteiger partial charge >= 0.3 is 0 Å². The van der Waals surface area contributed by atoms with Gasteiger partial charge in [-0.3, -0.25) is 5.21 Å². The second kappa shape index (κ2) is 3.05. The summed E-state index contributed by atoms with van der Waals surface area (Å²) in [6, 6.07) is 0. The average molecular weight is 229 g/mol. The first-order chi connectivity index (χ1) is 5.77. The normalized spacial score (nSPS) is 28.4. The molecule has 0 amide bonds. The lowest BCUT2D eigenvalue weighted by molar-refractivity contribution is -0.770. The standard InChI is InChI=1S/C9H11BrNO/c10-9-6-11(12)5-7-3-1-2-4-8(7)9/h1,3,5,9,12H,2,4,6H2/q+1. The second-order valence-corrected chi connectivity index (χ2v) is 4.25. The van der Waals surface area contributed by atoms with E-state index in [0.29, 0.717) is 11.4 Å². The van der Waals surface area contributed by atoms with Crippen LogP contribution in [0, 0.1) is 0 Å². The minimum atomic E-state index is 0.312. The maximum absolute atomic E-state index is 9.30. The van der Waals surface area contributed by atoms with Crippen molar-refractivity contribution < 1.29 is 9.95 Å². The Labute approximate surface area is 80.0 Å². The van der Waals surface area contributed by atoms with Crippen LogP contribution in [0.15, 0.2) is 23.3 Å². The lowest BCUT2D eigenvalue weighted by Gasteiger charge is -2.18. The predicted molar refractivity (Wildman–Crippen MR) is 51.1 cm³/mol. The van der Waals surface area contributed by atoms with Crippen LogP contribution >= 0.6 is 15.9 Å². The van der Waals surface area contributed by atoms with Gasteiger partial charge in [0.25, 0.3) is 0 Å². The number of nitrogens with zero attached hydrogens (tertiary/aromatic N) is 1. The molecule has 1 heterocycles. The summed E-state index contributed by atoms with van der Waals surface area (Å²) < 4.78 is 1.24. The quantitative estimate of drug-likeness (QED) is 0.382. The molecule has 0 spiro atoms. The van der Waals surface area contributed by atoms with Gasteiger partial charge in [0.1, 0.15) is 4.83 Å². The Morgan fingerprint density at radius 2 is 2.42 bits per heavy atom. The van der Waals surface area contributed by atoms with Crippen molar-refractivity contribution in [2.75, 3.05) is 6.54 Å². The van der Waals surface area contributed by atoms with Crippen molar-refractivity contribution in [3.05, 3.63) is 23.3 Å². The molecule has 1 atom stereocenters. The van der Waals surface area contributed by atoms with E-state index in [1.54, 1.807) is 6.21 Å². The molecule has 0 saturated heterocycles. The van der Waals surface area contributed by atoms with Gasteiger partial charge < -0.3 is 0 Å². The molecule has 0 saturated carbocycles. The molecular weight excluding hydrogens is 218 g/mol. The maximum atomic E-state index is 9.30. The van der Waals surface area contributed by atoms with Crippen LogP contribution < -0.4 is 0 Å². The molecular formula is C9H11BrNO+. The third-order valence-electron chi connectivity index (χ3n) is 2.26. The molecule has 3 heteroatoms. The summed E-state index contributed by atoms with van der Waals surface area (Å²) in [5.41, 5.74) is 2.58. The van der Waals surface area contributed by atoms with Crippen molar-refractivity contribution in [3.8, 4) is 0 Å². The smallest absolute Gasteiger partial charge is 0.222 e. The Hall–Kier alpha value is -0.570. The van der Waals surface area contributed by atoms with E-state index in [1.807, 2.05) is 0 Å². The van der Waals surface area contributed by atoms with Gasteiger partial charge in [0.2, 0.25) is 12.8 Å². The number of rotatable bonds is 0. The number of hydroxylamine groups is 1. The lowest BCUT2D eigenvalue weighted by atomic mass is 9.94. The number of hydrogen-bond donors (Lipinski definition) is 1. The number of hydrogen-bond acceptors (Lipinski definition) is 1. The minimum Gasteiger partial charge on any atom is -0.291 e. The molecule has 2 rings (SSSR count). The molecule has 0 aromatic rings. The fourth-order valence-corrected chi connectivity index (χ4v) is 2.44. The molecule has 12 heavy (non-hydrogen) atoms. The highest BCUT2D eigenvalue weighted by Crippen LogP contribution is 2.27. The lowest BCUT2D eigenvalue weighted by Crippen LogP contribution is -2.27. The molecule has 0 fully saturated rings. The highest BCUT2D eigenvalue weighted by Gasteiger charge is 2.26. The monoisotopic (exact) mass is 228 g/mol. The molecule has 0 radical (unpaired) electrons. The fourth-order valence-electron chi connectivity index (χ4n) is 1.65. The molecule has 1 unspecified atom stereocenters. The zero-order chi connectivity index (χ0) is 8.55. The summed E-state index contributed by atoms with van der Waals surface area (Å²) >= 11 is 3.56. The highest BCUT2D eigenvalue weighted by atomic mass is 79.9. The molecule has 64 valence electrons. The Morgan fingerprint density at radius 1 is 1.58 bits per heavy atom. The Kier molecular flexibility index (Phi) is 2.05. The van der Waals surface area contributed by atoms with Crippen LogP contribution in [0.5, 0.6) is 0 Å². The van der Waals surface area contributed by atoms with Gasteiger partial charge in [-0.15, -0.1) is 0 Å². The molecule has 1 aliphatic carbocycles. The van der Waals surface area contributed by atoms with Crippen LogP contribution in [0.3, 0.4) is 0 Å². The van der Waals surface area contributed by atoms with Crippen LogP contribution in [-0.4, -0.2) is 27.5 Å². The summed E-state index contributed by atoms with van der Waals surface area (Å²) in [7, 11) is 0. The maximum Gasteiger partial charge on any atom is 0.222 e. The second-order valence-electron chi connectivity index (χ2n) is 3.14. The Bertz CT molecular complexity index is 291. The zero-order valence-corrected chi connectivity index (χ0v) is 8.29. The van der Waals surface area contributed by atoms with E-state index in [4.69, 9.17) is 0 Å². The number of alkyl halides is 1. The first-order valence-electron chi connectivity index (χ1n) is 4.11. The third-order valence-corrected chi connectivity index (χ3v) is 3.10. The van der Waals surface area contributed by atoms with Crippen molar-refractivity contribution in [1.29, 1.82) is 0 Å². The van der Waals surface area contributed by atoms with E-state index < -0.39 is 0 Å². The summed E-state index contributed by atoms with van der Waals surface area (Å²) in [4.78, 5) is 0.312. The molecule has 0 aromatic heterocycles. The van der Waals surface area contributed by atoms with Gasteiger partial charge in [0, 0.05) is 5.57 Å². The van der Waals surface area contributed by atoms with Gasteiger partial charge in [-0.2, -0.15) is 0 Å². The molecule has 1 aliphatic heterocycles. The first kappa shape index (κ1) is 8.05. The summed E-state index contributed by atoms with van der Waals surface area (Å²) in [6.07, 6.45) is 8.26. The summed E-state index contributed by atoms with van der Waals surface area (Å²) in [6.45, 7) is 0.659.